The van der Waals surface area contributed by atoms with Gasteiger partial charge in [-0.3, -0.25) is 0 Å². The van der Waals surface area contributed by atoms with Crippen LogP contribution in [0, 0.1) is 5.92 Å². The third kappa shape index (κ3) is 4.66. The Bertz CT molecular complexity index is 243. The summed E-state index contributed by atoms with van der Waals surface area (Å²) >= 11 is 0. The quantitative estimate of drug-likeness (QED) is 0.869. The molecule has 1 heterocycles. The number of halogens is 2. The number of rotatable bonds is 2. The van der Waals surface area contributed by atoms with Crippen LogP contribution in [0.4, 0.5) is 0 Å². The fourth-order valence-corrected chi connectivity index (χ4v) is 2.10. The second-order valence-corrected chi connectivity index (χ2v) is 4.06. The molecule has 1 aliphatic carbocycles. The maximum absolute atomic E-state index is 5.85. The van der Waals surface area contributed by atoms with E-state index < -0.39 is 0 Å². The van der Waals surface area contributed by atoms with Gasteiger partial charge in [-0.15, -0.1) is 34.0 Å². The lowest BCUT2D eigenvalue weighted by atomic mass is 9.84. The van der Waals surface area contributed by atoms with Crippen LogP contribution in [-0.4, -0.2) is 16.0 Å². The number of nitrogens with one attached hydrogen (secondary N) is 1. The Labute approximate surface area is 112 Å². The molecule has 1 saturated carbocycles. The molecule has 88 valence electrons. The number of hydrogen-bond acceptors (Lipinski definition) is 2. The van der Waals surface area contributed by atoms with Gasteiger partial charge < -0.3 is 10.7 Å². The number of nitrogens with two attached hydrogens (primary N) is 1. The largest absolute Gasteiger partial charge is 0.348 e. The van der Waals surface area contributed by atoms with E-state index in [2.05, 4.69) is 9.97 Å². The summed E-state index contributed by atoms with van der Waals surface area (Å²) in [5.74, 6) is 0.820. The van der Waals surface area contributed by atoms with E-state index in [-0.39, 0.29) is 34.0 Å². The number of nitrogens with zero attached hydrogens (tertiary/aromatic N) is 1. The average Bonchev–Trinajstić information content (AvgIpc) is 2.62. The Morgan fingerprint density at radius 1 is 1.27 bits per heavy atom. The summed E-state index contributed by atoms with van der Waals surface area (Å²) in [5.41, 5.74) is 7.11. The van der Waals surface area contributed by atoms with Gasteiger partial charge in [0.25, 0.3) is 0 Å². The summed E-state index contributed by atoms with van der Waals surface area (Å²) in [6.07, 6.45) is 9.77. The first-order chi connectivity index (χ1) is 6.34. The molecule has 3 N–H and O–H groups in total. The predicted octanol–water partition coefficient (Wildman–Crippen LogP) is 2.63. The van der Waals surface area contributed by atoms with Crippen molar-refractivity contribution in [2.75, 3.05) is 0 Å². The van der Waals surface area contributed by atoms with Gasteiger partial charge in [-0.2, -0.15) is 0 Å². The first-order valence-electron chi connectivity index (χ1n) is 5.07. The third-order valence-electron chi connectivity index (χ3n) is 2.95. The average molecular weight is 341 g/mol. The molecule has 3 nitrogen and oxygen atoms in total. The van der Waals surface area contributed by atoms with E-state index in [1.807, 2.05) is 6.20 Å². The standard InChI is InChI=1S/C10H17N3.2BrH/c11-9-3-1-8(2-4-9)5-10-6-12-7-13-10;;/h6-9H,1-5,11H2,(H,12,13);2*1H. The highest BCUT2D eigenvalue weighted by Crippen LogP contribution is 2.25. The smallest absolute Gasteiger partial charge is 0.0921 e. The minimum atomic E-state index is 0. The normalized spacial score (nSPS) is 25.1. The molecule has 1 fully saturated rings. The molecule has 1 aromatic heterocycles. The van der Waals surface area contributed by atoms with Crippen LogP contribution in [0.5, 0.6) is 0 Å². The minimum Gasteiger partial charge on any atom is -0.348 e. The van der Waals surface area contributed by atoms with Crippen molar-refractivity contribution in [3.63, 3.8) is 0 Å². The van der Waals surface area contributed by atoms with Crippen LogP contribution in [0.25, 0.3) is 0 Å². The summed E-state index contributed by atoms with van der Waals surface area (Å²) in [6.45, 7) is 0. The van der Waals surface area contributed by atoms with Gasteiger partial charge in [0.05, 0.1) is 6.33 Å². The number of H-pyrrole nitrogens is 1. The highest BCUT2D eigenvalue weighted by molar-refractivity contribution is 8.93. The second-order valence-electron chi connectivity index (χ2n) is 4.06. The maximum Gasteiger partial charge on any atom is 0.0921 e. The molecule has 0 spiro atoms. The van der Waals surface area contributed by atoms with Crippen molar-refractivity contribution in [2.45, 2.75) is 38.1 Å². The highest BCUT2D eigenvalue weighted by Gasteiger charge is 2.18. The zero-order chi connectivity index (χ0) is 9.10. The number of aromatic nitrogens is 2. The van der Waals surface area contributed by atoms with E-state index in [0.29, 0.717) is 6.04 Å². The minimum absolute atomic E-state index is 0. The van der Waals surface area contributed by atoms with Crippen LogP contribution >= 0.6 is 34.0 Å². The summed E-state index contributed by atoms with van der Waals surface area (Å²) in [5, 5.41) is 0. The molecule has 0 atom stereocenters. The third-order valence-corrected chi connectivity index (χ3v) is 2.95. The first-order valence-corrected chi connectivity index (χ1v) is 5.07. The van der Waals surface area contributed by atoms with Crippen molar-refractivity contribution in [3.05, 3.63) is 18.2 Å². The Kier molecular flexibility index (Phi) is 7.48. The van der Waals surface area contributed by atoms with Gasteiger partial charge in [0.2, 0.25) is 0 Å². The van der Waals surface area contributed by atoms with E-state index in [1.54, 1.807) is 6.33 Å². The summed E-state index contributed by atoms with van der Waals surface area (Å²) in [4.78, 5) is 7.18. The lowest BCUT2D eigenvalue weighted by Crippen LogP contribution is -2.27. The number of aromatic amines is 1. The van der Waals surface area contributed by atoms with E-state index >= 15 is 0 Å². The fourth-order valence-electron chi connectivity index (χ4n) is 2.10. The first kappa shape index (κ1) is 15.1. The molecular formula is C10H19Br2N3. The summed E-state index contributed by atoms with van der Waals surface area (Å²) in [6, 6.07) is 0.456. The van der Waals surface area contributed by atoms with Crippen LogP contribution in [-0.2, 0) is 6.42 Å². The lowest BCUT2D eigenvalue weighted by molar-refractivity contribution is 0.323. The molecule has 5 heteroatoms. The van der Waals surface area contributed by atoms with E-state index in [4.69, 9.17) is 5.73 Å². The van der Waals surface area contributed by atoms with Gasteiger partial charge in [-0.05, 0) is 38.0 Å². The SMILES string of the molecule is Br.Br.NC1CCC(Cc2cnc[nH]2)CC1. The van der Waals surface area contributed by atoms with Gasteiger partial charge in [-0.25, -0.2) is 4.98 Å². The van der Waals surface area contributed by atoms with Crippen LogP contribution in [0.15, 0.2) is 12.5 Å². The predicted molar refractivity (Wildman–Crippen MR) is 72.9 cm³/mol. The van der Waals surface area contributed by atoms with Crippen molar-refractivity contribution in [3.8, 4) is 0 Å². The van der Waals surface area contributed by atoms with Crippen LogP contribution in [0.2, 0.25) is 0 Å². The number of imidazole rings is 1. The van der Waals surface area contributed by atoms with Gasteiger partial charge in [0.1, 0.15) is 0 Å². The van der Waals surface area contributed by atoms with Crippen molar-refractivity contribution in [1.29, 1.82) is 0 Å². The van der Waals surface area contributed by atoms with Gasteiger partial charge >= 0.3 is 0 Å². The monoisotopic (exact) mass is 339 g/mol. The van der Waals surface area contributed by atoms with Crippen LogP contribution < -0.4 is 5.73 Å². The Morgan fingerprint density at radius 2 is 1.93 bits per heavy atom. The Hall–Kier alpha value is 0.130. The van der Waals surface area contributed by atoms with Crippen molar-refractivity contribution in [2.24, 2.45) is 11.7 Å². The summed E-state index contributed by atoms with van der Waals surface area (Å²) in [7, 11) is 0. The molecule has 1 aromatic rings. The van der Waals surface area contributed by atoms with Crippen molar-refractivity contribution < 1.29 is 0 Å². The molecule has 1 aliphatic rings. The Balaban J connectivity index is 0.000000980. The van der Waals surface area contributed by atoms with Gasteiger partial charge in [-0.1, -0.05) is 0 Å². The molecule has 0 radical (unpaired) electrons. The zero-order valence-electron chi connectivity index (χ0n) is 8.69. The van der Waals surface area contributed by atoms with Crippen molar-refractivity contribution >= 4 is 34.0 Å². The molecule has 2 rings (SSSR count). The van der Waals surface area contributed by atoms with Crippen LogP contribution in [0.3, 0.4) is 0 Å². The molecule has 0 unspecified atom stereocenters. The Morgan fingerprint density at radius 3 is 2.47 bits per heavy atom. The van der Waals surface area contributed by atoms with Crippen LogP contribution in [0.1, 0.15) is 31.4 Å². The maximum atomic E-state index is 5.85. The zero-order valence-corrected chi connectivity index (χ0v) is 12.1. The second kappa shape index (κ2) is 7.41. The molecule has 15 heavy (non-hydrogen) atoms. The van der Waals surface area contributed by atoms with E-state index in [1.165, 1.54) is 31.4 Å². The van der Waals surface area contributed by atoms with E-state index in [0.717, 1.165) is 12.3 Å². The fraction of sp³-hybridized carbons (Fsp3) is 0.700. The molecular weight excluding hydrogens is 322 g/mol. The lowest BCUT2D eigenvalue weighted by Gasteiger charge is -2.25. The van der Waals surface area contributed by atoms with Crippen molar-refractivity contribution in [1.82, 2.24) is 9.97 Å². The molecule has 0 bridgehead atoms. The molecule has 0 amide bonds. The molecule has 0 aliphatic heterocycles. The highest BCUT2D eigenvalue weighted by atomic mass is 79.9. The number of hydrogen-bond donors (Lipinski definition) is 2. The molecule has 0 saturated heterocycles. The topological polar surface area (TPSA) is 54.7 Å². The van der Waals surface area contributed by atoms with E-state index in [9.17, 15) is 0 Å². The summed E-state index contributed by atoms with van der Waals surface area (Å²) < 4.78 is 0. The molecule has 0 aromatic carbocycles. The van der Waals surface area contributed by atoms with Gasteiger partial charge in [0, 0.05) is 17.9 Å². The van der Waals surface area contributed by atoms with Gasteiger partial charge in [0.15, 0.2) is 0 Å².